The minimum atomic E-state index is -1.66. The van der Waals surface area contributed by atoms with Crippen molar-refractivity contribution in [2.24, 2.45) is 5.41 Å². The molecule has 0 aliphatic carbocycles. The first-order valence-corrected chi connectivity index (χ1v) is 40.5. The molecule has 0 aromatic heterocycles. The molecule has 23 heteroatoms. The number of amides is 2. The number of unbranched alkanes of at least 4 members (excludes halogenated alkanes) is 43. The van der Waals surface area contributed by atoms with Crippen LogP contribution in [0.25, 0.3) is 0 Å². The Bertz CT molecular complexity index is 2040. The molecule has 0 aromatic carbocycles. The van der Waals surface area contributed by atoms with E-state index in [-0.39, 0.29) is 38.9 Å². The molecule has 0 radical (unpaired) electrons. The third kappa shape index (κ3) is 58.9. The number of hydrogen-bond donors (Lipinski definition) is 6. The lowest BCUT2D eigenvalue weighted by molar-refractivity contribution is -0.172. The molecule has 23 nitrogen and oxygen atoms in total. The average Bonchev–Trinajstić information content (AvgIpc) is 0.828. The van der Waals surface area contributed by atoms with Crippen LogP contribution in [-0.4, -0.2) is 197 Å². The molecule has 0 fully saturated rings. The first kappa shape index (κ1) is 96.6. The number of carboxylic acids is 5. The fraction of sp³-hybridized carbons (Fsp3) is 0.873. The summed E-state index contributed by atoms with van der Waals surface area (Å²) < 4.78 is 17.9. The molecule has 0 saturated carbocycles. The van der Waals surface area contributed by atoms with Gasteiger partial charge in [0.1, 0.15) is 25.9 Å². The minimum absolute atomic E-state index is 0.181. The number of nitrogens with one attached hydrogen (secondary N) is 1. The fourth-order valence-corrected chi connectivity index (χ4v) is 12.9. The highest BCUT2D eigenvalue weighted by Crippen LogP contribution is 2.27. The van der Waals surface area contributed by atoms with Gasteiger partial charge in [-0.25, -0.2) is 0 Å². The summed E-state index contributed by atoms with van der Waals surface area (Å²) in [6.45, 7) is 1.84. The summed E-state index contributed by atoms with van der Waals surface area (Å²) in [6.07, 6.45) is 51.6. The van der Waals surface area contributed by atoms with Crippen molar-refractivity contribution in [3.63, 3.8) is 0 Å². The first-order chi connectivity index (χ1) is 49.2. The molecule has 6 N–H and O–H groups in total. The molecule has 0 saturated heterocycles. The number of rotatable bonds is 77. The maximum absolute atomic E-state index is 14.9. The summed E-state index contributed by atoms with van der Waals surface area (Å²) in [4.78, 5) is 132. The summed E-state index contributed by atoms with van der Waals surface area (Å²) in [5, 5.41) is 50.5. The van der Waals surface area contributed by atoms with Crippen molar-refractivity contribution in [3.8, 4) is 0 Å². The van der Waals surface area contributed by atoms with Crippen LogP contribution in [0.15, 0.2) is 0 Å². The van der Waals surface area contributed by atoms with E-state index in [4.69, 9.17) is 14.2 Å². The van der Waals surface area contributed by atoms with Crippen LogP contribution >= 0.6 is 0 Å². The van der Waals surface area contributed by atoms with Crippen molar-refractivity contribution in [2.45, 2.75) is 354 Å². The monoisotopic (exact) mass is 1450 g/mol. The largest absolute Gasteiger partial charge is 0.480 e. The second-order valence-corrected chi connectivity index (χ2v) is 28.9. The maximum atomic E-state index is 14.9. The molecule has 102 heavy (non-hydrogen) atoms. The number of ether oxygens (including phenoxy) is 3. The van der Waals surface area contributed by atoms with Crippen molar-refractivity contribution in [1.82, 2.24) is 24.9 Å². The van der Waals surface area contributed by atoms with Crippen LogP contribution in [0.1, 0.15) is 348 Å². The summed E-state index contributed by atoms with van der Waals surface area (Å²) in [5.41, 5.74) is -1.66. The Morgan fingerprint density at radius 2 is 0.618 bits per heavy atom. The Hall–Kier alpha value is -5.42. The van der Waals surface area contributed by atoms with Gasteiger partial charge >= 0.3 is 47.8 Å². The van der Waals surface area contributed by atoms with Gasteiger partial charge in [0.15, 0.2) is 5.41 Å². The molecule has 1 unspecified atom stereocenters. The lowest BCUT2D eigenvalue weighted by Crippen LogP contribution is -2.53. The van der Waals surface area contributed by atoms with E-state index in [1.54, 1.807) is 11.9 Å². The van der Waals surface area contributed by atoms with E-state index in [9.17, 15) is 73.5 Å². The van der Waals surface area contributed by atoms with Crippen LogP contribution in [0.3, 0.4) is 0 Å². The van der Waals surface area contributed by atoms with Crippen molar-refractivity contribution < 1.29 is 87.7 Å². The van der Waals surface area contributed by atoms with Gasteiger partial charge in [0.05, 0.1) is 39.3 Å². The third-order valence-corrected chi connectivity index (χ3v) is 19.1. The number of carboxylic acid groups (broad SMARTS) is 5. The molecule has 2 amide bonds. The van der Waals surface area contributed by atoms with Gasteiger partial charge in [0.2, 0.25) is 11.8 Å². The molecular formula is C79H145N5O18. The van der Waals surface area contributed by atoms with Gasteiger partial charge < -0.3 is 50.0 Å². The third-order valence-electron chi connectivity index (χ3n) is 19.1. The highest BCUT2D eigenvalue weighted by molar-refractivity contribution is 5.85. The van der Waals surface area contributed by atoms with Crippen LogP contribution in [0.4, 0.5) is 0 Å². The SMILES string of the molecule is CCCCCCCCCCCCCCCC(=O)OCC(COC(=O)CCCCCCCCCCCCCCC)(COC(=O)CCCCCCCCCCCCCCC)C(=O)N(C)CCCCCCCCCCNC(=O)CC(C(=O)O)N(CCN(CC(=O)O)CC(=O)O)CN(CC(=O)O)CC(=O)O. The van der Waals surface area contributed by atoms with E-state index >= 15 is 0 Å². The molecule has 1 atom stereocenters. The van der Waals surface area contributed by atoms with Gasteiger partial charge in [0.25, 0.3) is 0 Å². The average molecular weight is 1450 g/mol. The van der Waals surface area contributed by atoms with E-state index < -0.39 is 130 Å². The van der Waals surface area contributed by atoms with Crippen molar-refractivity contribution in [3.05, 3.63) is 0 Å². The normalized spacial score (nSPS) is 11.9. The first-order valence-electron chi connectivity index (χ1n) is 40.5. The standard InChI is InChI=1S/C79H145N5O18/c1-5-8-11-14-17-20-23-26-29-32-37-42-47-52-74(94)100-64-79(65-101-75(95)53-48-43-38-33-30-27-24-21-18-15-12-9-6-2,66-102-76(96)54-49-44-39-34-31-28-25-22-19-16-13-10-7-3)78(99)81(4)56-51-46-41-36-35-40-45-50-55-80-69(85)59-68(77(97)98)84(67-83(62-72(90)91)63-73(92)93)58-57-82(60-70(86)87)61-71(88)89/h68H,5-67H2,1-4H3,(H,80,85)(H,86,87)(H,88,89)(H,90,91)(H,92,93)(H,97,98). The summed E-state index contributed by atoms with van der Waals surface area (Å²) in [6, 6.07) is -1.61. The van der Waals surface area contributed by atoms with E-state index in [1.165, 1.54) is 173 Å². The lowest BCUT2D eigenvalue weighted by atomic mass is 9.88. The van der Waals surface area contributed by atoms with E-state index in [0.29, 0.717) is 38.6 Å². The van der Waals surface area contributed by atoms with Crippen LogP contribution in [-0.2, 0) is 62.2 Å². The molecular weight excluding hydrogens is 1310 g/mol. The topological polar surface area (TPSA) is 325 Å². The molecule has 0 aliphatic rings. The number of carbonyl (C=O) groups is 10. The molecule has 0 heterocycles. The van der Waals surface area contributed by atoms with Gasteiger partial charge in [-0.1, -0.05) is 290 Å². The lowest BCUT2D eigenvalue weighted by Gasteiger charge is -2.34. The summed E-state index contributed by atoms with van der Waals surface area (Å²) in [5.74, 6) is -9.43. The van der Waals surface area contributed by atoms with Crippen LogP contribution in [0.5, 0.6) is 0 Å². The van der Waals surface area contributed by atoms with Crippen LogP contribution in [0.2, 0.25) is 0 Å². The summed E-state index contributed by atoms with van der Waals surface area (Å²) in [7, 11) is 1.68. The Kier molecular flexibility index (Phi) is 63.9. The Balaban J connectivity index is 5.93. The van der Waals surface area contributed by atoms with Gasteiger partial charge in [0, 0.05) is 52.5 Å². The van der Waals surface area contributed by atoms with Gasteiger partial charge in [-0.2, -0.15) is 0 Å². The number of esters is 3. The Labute approximate surface area is 615 Å². The van der Waals surface area contributed by atoms with Crippen LogP contribution in [0, 0.1) is 5.41 Å². The minimum Gasteiger partial charge on any atom is -0.480 e. The number of nitrogens with zero attached hydrogens (tertiary/aromatic N) is 4. The zero-order valence-corrected chi connectivity index (χ0v) is 64.5. The smallest absolute Gasteiger partial charge is 0.321 e. The second kappa shape index (κ2) is 67.5. The van der Waals surface area contributed by atoms with Crippen molar-refractivity contribution in [2.75, 3.05) is 85.9 Å². The maximum Gasteiger partial charge on any atom is 0.321 e. The molecule has 0 rings (SSSR count). The highest BCUT2D eigenvalue weighted by Gasteiger charge is 2.45. The summed E-state index contributed by atoms with van der Waals surface area (Å²) >= 11 is 0. The van der Waals surface area contributed by atoms with E-state index in [2.05, 4.69) is 26.1 Å². The Morgan fingerprint density at radius 1 is 0.343 bits per heavy atom. The van der Waals surface area contributed by atoms with Crippen molar-refractivity contribution in [1.29, 1.82) is 0 Å². The predicted octanol–water partition coefficient (Wildman–Crippen LogP) is 15.8. The van der Waals surface area contributed by atoms with Gasteiger partial charge in [-0.15, -0.1) is 0 Å². The van der Waals surface area contributed by atoms with Gasteiger partial charge in [-0.3, -0.25) is 62.6 Å². The fourth-order valence-electron chi connectivity index (χ4n) is 12.9. The predicted molar refractivity (Wildman–Crippen MR) is 400 cm³/mol. The zero-order chi connectivity index (χ0) is 75.5. The van der Waals surface area contributed by atoms with E-state index in [0.717, 1.165) is 111 Å². The number of aliphatic carboxylic acids is 5. The second-order valence-electron chi connectivity index (χ2n) is 28.9. The number of carbonyl (C=O) groups excluding carboxylic acids is 5. The zero-order valence-electron chi connectivity index (χ0n) is 64.5. The molecule has 0 bridgehead atoms. The van der Waals surface area contributed by atoms with Crippen molar-refractivity contribution >= 4 is 59.6 Å². The van der Waals surface area contributed by atoms with Gasteiger partial charge in [-0.05, 0) is 32.1 Å². The molecule has 0 spiro atoms. The Morgan fingerprint density at radius 3 is 0.912 bits per heavy atom. The molecule has 0 aliphatic heterocycles. The van der Waals surface area contributed by atoms with Crippen LogP contribution < -0.4 is 5.32 Å². The molecule has 0 aromatic rings. The highest BCUT2D eigenvalue weighted by atomic mass is 16.6. The number of hydrogen-bond acceptors (Lipinski definition) is 16. The molecule has 594 valence electrons. The van der Waals surface area contributed by atoms with E-state index in [1.807, 2.05) is 0 Å². The quantitative estimate of drug-likeness (QED) is 0.0143.